The maximum absolute atomic E-state index is 11.7. The number of nitrogens with zero attached hydrogens (tertiary/aromatic N) is 1. The molecule has 1 atom stereocenters. The van der Waals surface area contributed by atoms with Gasteiger partial charge < -0.3 is 10.6 Å². The van der Waals surface area contributed by atoms with Gasteiger partial charge in [0.1, 0.15) is 0 Å². The van der Waals surface area contributed by atoms with Crippen LogP contribution in [0, 0.1) is 0 Å². The van der Waals surface area contributed by atoms with Crippen LogP contribution in [0.2, 0.25) is 0 Å². The van der Waals surface area contributed by atoms with Crippen LogP contribution in [0.25, 0.3) is 0 Å². The van der Waals surface area contributed by atoms with E-state index in [4.69, 9.17) is 5.73 Å². The van der Waals surface area contributed by atoms with Gasteiger partial charge >= 0.3 is 0 Å². The molecule has 0 bridgehead atoms. The van der Waals surface area contributed by atoms with Crippen molar-refractivity contribution in [3.05, 3.63) is 0 Å². The number of hydrogen-bond acceptors (Lipinski definition) is 3. The van der Waals surface area contributed by atoms with E-state index in [1.165, 1.54) is 5.75 Å². The SMILES string of the molecule is CCC(N)C(=O)N1CCCSCC1. The third kappa shape index (κ3) is 3.19. The van der Waals surface area contributed by atoms with Gasteiger partial charge in [-0.3, -0.25) is 4.79 Å². The maximum atomic E-state index is 11.7. The summed E-state index contributed by atoms with van der Waals surface area (Å²) < 4.78 is 0. The Morgan fingerprint density at radius 1 is 1.54 bits per heavy atom. The normalized spacial score (nSPS) is 20.9. The summed E-state index contributed by atoms with van der Waals surface area (Å²) >= 11 is 1.92. The average molecular weight is 202 g/mol. The lowest BCUT2D eigenvalue weighted by Gasteiger charge is -2.22. The summed E-state index contributed by atoms with van der Waals surface area (Å²) in [6, 6.07) is -0.289. The number of amides is 1. The van der Waals surface area contributed by atoms with Crippen LogP contribution >= 0.6 is 11.8 Å². The van der Waals surface area contributed by atoms with Crippen molar-refractivity contribution >= 4 is 17.7 Å². The Hall–Kier alpha value is -0.220. The van der Waals surface area contributed by atoms with E-state index in [0.29, 0.717) is 0 Å². The van der Waals surface area contributed by atoms with Crippen LogP contribution in [0.1, 0.15) is 19.8 Å². The molecule has 0 spiro atoms. The Morgan fingerprint density at radius 3 is 3.00 bits per heavy atom. The Morgan fingerprint density at radius 2 is 2.31 bits per heavy atom. The number of rotatable bonds is 2. The molecule has 1 heterocycles. The smallest absolute Gasteiger partial charge is 0.239 e. The molecule has 1 saturated heterocycles. The highest BCUT2D eigenvalue weighted by molar-refractivity contribution is 7.99. The average Bonchev–Trinajstić information content (AvgIpc) is 2.43. The summed E-state index contributed by atoms with van der Waals surface area (Å²) in [7, 11) is 0. The van der Waals surface area contributed by atoms with Crippen LogP contribution in [0.15, 0.2) is 0 Å². The van der Waals surface area contributed by atoms with Gasteiger partial charge in [0.15, 0.2) is 0 Å². The summed E-state index contributed by atoms with van der Waals surface area (Å²) in [6.45, 7) is 3.71. The lowest BCUT2D eigenvalue weighted by molar-refractivity contribution is -0.132. The molecule has 1 rings (SSSR count). The number of carbonyl (C=O) groups excluding carboxylic acids is 1. The van der Waals surface area contributed by atoms with E-state index in [-0.39, 0.29) is 11.9 Å². The largest absolute Gasteiger partial charge is 0.340 e. The first-order chi connectivity index (χ1) is 6.25. The van der Waals surface area contributed by atoms with E-state index in [1.54, 1.807) is 0 Å². The molecule has 3 nitrogen and oxygen atoms in total. The van der Waals surface area contributed by atoms with Gasteiger partial charge in [-0.15, -0.1) is 0 Å². The number of carbonyl (C=O) groups is 1. The van der Waals surface area contributed by atoms with Crippen molar-refractivity contribution in [3.63, 3.8) is 0 Å². The molecule has 76 valence electrons. The molecule has 0 saturated carbocycles. The van der Waals surface area contributed by atoms with Crippen molar-refractivity contribution in [2.45, 2.75) is 25.8 Å². The topological polar surface area (TPSA) is 46.3 Å². The fourth-order valence-corrected chi connectivity index (χ4v) is 2.26. The molecule has 1 aliphatic rings. The minimum atomic E-state index is -0.289. The molecule has 4 heteroatoms. The molecule has 0 aromatic carbocycles. The lowest BCUT2D eigenvalue weighted by atomic mass is 10.2. The predicted octanol–water partition coefficient (Wildman–Crippen LogP) is 0.689. The van der Waals surface area contributed by atoms with Crippen molar-refractivity contribution in [1.82, 2.24) is 4.90 Å². The maximum Gasteiger partial charge on any atom is 0.239 e. The first kappa shape index (κ1) is 10.9. The molecule has 0 aliphatic carbocycles. The Bertz CT molecular complexity index is 167. The standard InChI is InChI=1S/C9H18N2OS/c1-2-8(10)9(12)11-4-3-6-13-7-5-11/h8H,2-7,10H2,1H3. The Kier molecular flexibility index (Phi) is 4.59. The zero-order chi connectivity index (χ0) is 9.68. The molecule has 0 aromatic rings. The van der Waals surface area contributed by atoms with Crippen molar-refractivity contribution in [2.75, 3.05) is 24.6 Å². The monoisotopic (exact) mass is 202 g/mol. The van der Waals surface area contributed by atoms with Crippen LogP contribution in [-0.4, -0.2) is 41.4 Å². The molecular weight excluding hydrogens is 184 g/mol. The second-order valence-electron chi connectivity index (χ2n) is 3.31. The second-order valence-corrected chi connectivity index (χ2v) is 4.53. The van der Waals surface area contributed by atoms with Crippen molar-refractivity contribution < 1.29 is 4.79 Å². The summed E-state index contributed by atoms with van der Waals surface area (Å²) in [5.74, 6) is 2.36. The zero-order valence-corrected chi connectivity index (χ0v) is 8.98. The van der Waals surface area contributed by atoms with Gasteiger partial charge in [0, 0.05) is 18.8 Å². The zero-order valence-electron chi connectivity index (χ0n) is 8.16. The van der Waals surface area contributed by atoms with Gasteiger partial charge in [0.25, 0.3) is 0 Å². The van der Waals surface area contributed by atoms with E-state index in [9.17, 15) is 4.79 Å². The highest BCUT2D eigenvalue weighted by Crippen LogP contribution is 2.10. The van der Waals surface area contributed by atoms with Gasteiger partial charge in [-0.05, 0) is 18.6 Å². The van der Waals surface area contributed by atoms with Gasteiger partial charge in [0.05, 0.1) is 6.04 Å². The first-order valence-corrected chi connectivity index (χ1v) is 6.03. The fraction of sp³-hybridized carbons (Fsp3) is 0.889. The Labute approximate surface area is 84.0 Å². The molecule has 2 N–H and O–H groups in total. The summed E-state index contributed by atoms with van der Waals surface area (Å²) in [6.07, 6.45) is 1.84. The van der Waals surface area contributed by atoms with Gasteiger partial charge in [-0.25, -0.2) is 0 Å². The third-order valence-corrected chi connectivity index (χ3v) is 3.34. The van der Waals surface area contributed by atoms with E-state index >= 15 is 0 Å². The predicted molar refractivity (Wildman–Crippen MR) is 56.8 cm³/mol. The summed E-state index contributed by atoms with van der Waals surface area (Å²) in [4.78, 5) is 13.6. The van der Waals surface area contributed by atoms with Crippen LogP contribution in [0.5, 0.6) is 0 Å². The van der Waals surface area contributed by atoms with E-state index in [0.717, 1.165) is 31.7 Å². The van der Waals surface area contributed by atoms with Crippen LogP contribution in [0.4, 0.5) is 0 Å². The number of nitrogens with two attached hydrogens (primary N) is 1. The summed E-state index contributed by atoms with van der Waals surface area (Å²) in [5.41, 5.74) is 5.70. The first-order valence-electron chi connectivity index (χ1n) is 4.87. The quantitative estimate of drug-likeness (QED) is 0.716. The molecule has 1 amide bonds. The molecule has 13 heavy (non-hydrogen) atoms. The number of thioether (sulfide) groups is 1. The molecule has 1 unspecified atom stereocenters. The number of hydrogen-bond donors (Lipinski definition) is 1. The van der Waals surface area contributed by atoms with Crippen molar-refractivity contribution in [1.29, 1.82) is 0 Å². The van der Waals surface area contributed by atoms with E-state index in [1.807, 2.05) is 23.6 Å². The molecule has 0 aromatic heterocycles. The molecular formula is C9H18N2OS. The molecule has 0 radical (unpaired) electrons. The minimum Gasteiger partial charge on any atom is -0.340 e. The highest BCUT2D eigenvalue weighted by Gasteiger charge is 2.20. The minimum absolute atomic E-state index is 0.130. The van der Waals surface area contributed by atoms with Gasteiger partial charge in [-0.2, -0.15) is 11.8 Å². The highest BCUT2D eigenvalue weighted by atomic mass is 32.2. The summed E-state index contributed by atoms with van der Waals surface area (Å²) in [5, 5.41) is 0. The van der Waals surface area contributed by atoms with E-state index in [2.05, 4.69) is 0 Å². The van der Waals surface area contributed by atoms with Crippen LogP contribution in [-0.2, 0) is 4.79 Å². The van der Waals surface area contributed by atoms with Crippen molar-refractivity contribution in [3.8, 4) is 0 Å². The second kappa shape index (κ2) is 5.50. The third-order valence-electron chi connectivity index (χ3n) is 2.29. The fourth-order valence-electron chi connectivity index (χ4n) is 1.38. The van der Waals surface area contributed by atoms with Crippen molar-refractivity contribution in [2.24, 2.45) is 5.73 Å². The van der Waals surface area contributed by atoms with Gasteiger partial charge in [-0.1, -0.05) is 6.92 Å². The van der Waals surface area contributed by atoms with Crippen LogP contribution < -0.4 is 5.73 Å². The lowest BCUT2D eigenvalue weighted by Crippen LogP contribution is -2.44. The van der Waals surface area contributed by atoms with E-state index < -0.39 is 0 Å². The van der Waals surface area contributed by atoms with Crippen LogP contribution in [0.3, 0.4) is 0 Å². The molecule has 1 aliphatic heterocycles. The Balaban J connectivity index is 2.43. The molecule has 1 fully saturated rings. The van der Waals surface area contributed by atoms with Gasteiger partial charge in [0.2, 0.25) is 5.91 Å².